The Hall–Kier alpha value is -1.10. The summed E-state index contributed by atoms with van der Waals surface area (Å²) in [6.45, 7) is 13.6. The molecule has 0 aromatic carbocycles. The SMILES string of the molecule is CC(C)COCCN1C(=O)C(C(C)C)NC(=O)C1C(C)C. The topological polar surface area (TPSA) is 58.6 Å². The number of hydrogen-bond donors (Lipinski definition) is 1. The van der Waals surface area contributed by atoms with Gasteiger partial charge >= 0.3 is 0 Å². The van der Waals surface area contributed by atoms with Crippen molar-refractivity contribution >= 4 is 11.8 Å². The summed E-state index contributed by atoms with van der Waals surface area (Å²) in [4.78, 5) is 26.6. The number of hydrogen-bond acceptors (Lipinski definition) is 3. The van der Waals surface area contributed by atoms with Gasteiger partial charge in [0.2, 0.25) is 11.8 Å². The number of carbonyl (C=O) groups excluding carboxylic acids is 2. The van der Waals surface area contributed by atoms with Gasteiger partial charge in [-0.25, -0.2) is 0 Å². The predicted octanol–water partition coefficient (Wildman–Crippen LogP) is 1.67. The Kier molecular flexibility index (Phi) is 6.65. The van der Waals surface area contributed by atoms with E-state index in [4.69, 9.17) is 4.74 Å². The molecule has 0 aromatic rings. The molecule has 1 rings (SSSR count). The van der Waals surface area contributed by atoms with Crippen LogP contribution < -0.4 is 5.32 Å². The number of rotatable bonds is 7. The van der Waals surface area contributed by atoms with E-state index in [1.54, 1.807) is 4.90 Å². The fourth-order valence-electron chi connectivity index (χ4n) is 2.60. The molecule has 5 heteroatoms. The minimum atomic E-state index is -0.419. The van der Waals surface area contributed by atoms with E-state index in [9.17, 15) is 9.59 Å². The monoisotopic (exact) mass is 298 g/mol. The van der Waals surface area contributed by atoms with Crippen LogP contribution in [0.3, 0.4) is 0 Å². The van der Waals surface area contributed by atoms with Crippen LogP contribution in [0.5, 0.6) is 0 Å². The fourth-order valence-corrected chi connectivity index (χ4v) is 2.60. The molecule has 1 aliphatic heterocycles. The minimum absolute atomic E-state index is 0.0106. The summed E-state index contributed by atoms with van der Waals surface area (Å²) in [5, 5.41) is 2.86. The Bertz CT molecular complexity index is 367. The zero-order chi connectivity index (χ0) is 16.2. The van der Waals surface area contributed by atoms with Crippen LogP contribution in [-0.2, 0) is 14.3 Å². The van der Waals surface area contributed by atoms with E-state index in [1.807, 2.05) is 27.7 Å². The van der Waals surface area contributed by atoms with E-state index in [1.165, 1.54) is 0 Å². The van der Waals surface area contributed by atoms with Crippen LogP contribution in [-0.4, -0.2) is 48.6 Å². The van der Waals surface area contributed by atoms with Crippen LogP contribution in [0.2, 0.25) is 0 Å². The number of piperazine rings is 1. The van der Waals surface area contributed by atoms with Crippen LogP contribution in [0, 0.1) is 17.8 Å². The standard InChI is InChI=1S/C16H30N2O3/c1-10(2)9-21-8-7-18-14(12(5)6)15(19)17-13(11(3)4)16(18)20/h10-14H,7-9H2,1-6H3,(H,17,19). The Morgan fingerprint density at radius 2 is 1.71 bits per heavy atom. The van der Waals surface area contributed by atoms with Crippen molar-refractivity contribution in [2.45, 2.75) is 53.6 Å². The van der Waals surface area contributed by atoms with Gasteiger partial charge in [0.1, 0.15) is 12.1 Å². The molecule has 0 radical (unpaired) electrons. The first-order valence-corrected chi connectivity index (χ1v) is 7.94. The quantitative estimate of drug-likeness (QED) is 0.727. The molecule has 2 unspecified atom stereocenters. The van der Waals surface area contributed by atoms with Crippen LogP contribution in [0.4, 0.5) is 0 Å². The first kappa shape index (κ1) is 18.0. The molecule has 1 N–H and O–H groups in total. The van der Waals surface area contributed by atoms with Crippen molar-refractivity contribution in [2.24, 2.45) is 17.8 Å². The van der Waals surface area contributed by atoms with Gasteiger partial charge < -0.3 is 15.0 Å². The maximum atomic E-state index is 12.6. The Balaban J connectivity index is 2.75. The summed E-state index contributed by atoms with van der Waals surface area (Å²) >= 11 is 0. The molecule has 1 heterocycles. The van der Waals surface area contributed by atoms with E-state index < -0.39 is 12.1 Å². The largest absolute Gasteiger partial charge is 0.379 e. The molecule has 1 fully saturated rings. The number of nitrogens with one attached hydrogen (secondary N) is 1. The Morgan fingerprint density at radius 1 is 1.10 bits per heavy atom. The molecular weight excluding hydrogens is 268 g/mol. The second kappa shape index (κ2) is 7.78. The smallest absolute Gasteiger partial charge is 0.246 e. The van der Waals surface area contributed by atoms with E-state index in [0.717, 1.165) is 0 Å². The van der Waals surface area contributed by atoms with Gasteiger partial charge in [-0.05, 0) is 17.8 Å². The first-order valence-electron chi connectivity index (χ1n) is 7.94. The molecule has 0 spiro atoms. The lowest BCUT2D eigenvalue weighted by Gasteiger charge is -2.42. The molecule has 0 saturated carbocycles. The molecular formula is C16H30N2O3. The van der Waals surface area contributed by atoms with Crippen molar-refractivity contribution in [1.29, 1.82) is 0 Å². The van der Waals surface area contributed by atoms with Gasteiger partial charge in [-0.1, -0.05) is 41.5 Å². The molecule has 21 heavy (non-hydrogen) atoms. The van der Waals surface area contributed by atoms with E-state index in [0.29, 0.717) is 25.7 Å². The summed E-state index contributed by atoms with van der Waals surface area (Å²) in [5.41, 5.74) is 0. The van der Waals surface area contributed by atoms with Crippen molar-refractivity contribution in [3.05, 3.63) is 0 Å². The number of ether oxygens (including phenoxy) is 1. The normalized spacial score (nSPS) is 23.4. The highest BCUT2D eigenvalue weighted by atomic mass is 16.5. The fraction of sp³-hybridized carbons (Fsp3) is 0.875. The first-order chi connectivity index (χ1) is 9.75. The van der Waals surface area contributed by atoms with Crippen molar-refractivity contribution in [2.75, 3.05) is 19.8 Å². The lowest BCUT2D eigenvalue weighted by atomic mass is 9.93. The summed E-state index contributed by atoms with van der Waals surface area (Å²) in [7, 11) is 0. The third kappa shape index (κ3) is 4.70. The lowest BCUT2D eigenvalue weighted by molar-refractivity contribution is -0.153. The summed E-state index contributed by atoms with van der Waals surface area (Å²) in [5.74, 6) is 0.610. The van der Waals surface area contributed by atoms with Crippen LogP contribution in [0.1, 0.15) is 41.5 Å². The molecule has 5 nitrogen and oxygen atoms in total. The maximum Gasteiger partial charge on any atom is 0.246 e. The van der Waals surface area contributed by atoms with Crippen molar-refractivity contribution in [3.8, 4) is 0 Å². The van der Waals surface area contributed by atoms with E-state index in [-0.39, 0.29) is 23.7 Å². The zero-order valence-electron chi connectivity index (χ0n) is 14.2. The lowest BCUT2D eigenvalue weighted by Crippen LogP contribution is -2.66. The van der Waals surface area contributed by atoms with Gasteiger partial charge in [0.25, 0.3) is 0 Å². The predicted molar refractivity (Wildman–Crippen MR) is 82.8 cm³/mol. The van der Waals surface area contributed by atoms with Gasteiger partial charge in [-0.15, -0.1) is 0 Å². The highest BCUT2D eigenvalue weighted by molar-refractivity contribution is 5.97. The second-order valence-electron chi connectivity index (χ2n) is 6.92. The molecule has 1 saturated heterocycles. The molecule has 1 aliphatic rings. The van der Waals surface area contributed by atoms with Crippen molar-refractivity contribution in [3.63, 3.8) is 0 Å². The third-order valence-electron chi connectivity index (χ3n) is 3.68. The average molecular weight is 298 g/mol. The number of nitrogens with zero attached hydrogens (tertiary/aromatic N) is 1. The number of amides is 2. The summed E-state index contributed by atoms with van der Waals surface area (Å²) in [6.07, 6.45) is 0. The van der Waals surface area contributed by atoms with Gasteiger partial charge in [0, 0.05) is 13.2 Å². The van der Waals surface area contributed by atoms with E-state index in [2.05, 4.69) is 19.2 Å². The minimum Gasteiger partial charge on any atom is -0.379 e. The van der Waals surface area contributed by atoms with Gasteiger partial charge in [-0.3, -0.25) is 9.59 Å². The van der Waals surface area contributed by atoms with Crippen molar-refractivity contribution < 1.29 is 14.3 Å². The maximum absolute atomic E-state index is 12.6. The van der Waals surface area contributed by atoms with Crippen LogP contribution in [0.25, 0.3) is 0 Å². The van der Waals surface area contributed by atoms with Crippen LogP contribution >= 0.6 is 0 Å². The molecule has 0 aromatic heterocycles. The Labute approximate surface area is 128 Å². The summed E-state index contributed by atoms with van der Waals surface area (Å²) < 4.78 is 5.58. The highest BCUT2D eigenvalue weighted by Crippen LogP contribution is 2.20. The third-order valence-corrected chi connectivity index (χ3v) is 3.68. The van der Waals surface area contributed by atoms with Gasteiger partial charge in [-0.2, -0.15) is 0 Å². The number of carbonyl (C=O) groups is 2. The molecule has 0 aliphatic carbocycles. The Morgan fingerprint density at radius 3 is 2.19 bits per heavy atom. The molecule has 2 amide bonds. The highest BCUT2D eigenvalue weighted by Gasteiger charge is 2.42. The van der Waals surface area contributed by atoms with Gasteiger partial charge in [0.15, 0.2) is 0 Å². The van der Waals surface area contributed by atoms with E-state index >= 15 is 0 Å². The van der Waals surface area contributed by atoms with Crippen LogP contribution in [0.15, 0.2) is 0 Å². The average Bonchev–Trinajstić information content (AvgIpc) is 2.36. The summed E-state index contributed by atoms with van der Waals surface area (Å²) in [6, 6.07) is -0.812. The molecule has 0 bridgehead atoms. The van der Waals surface area contributed by atoms with Crippen molar-refractivity contribution in [1.82, 2.24) is 10.2 Å². The molecule has 2 atom stereocenters. The zero-order valence-corrected chi connectivity index (χ0v) is 14.2. The second-order valence-corrected chi connectivity index (χ2v) is 6.92. The van der Waals surface area contributed by atoms with Gasteiger partial charge in [0.05, 0.1) is 6.61 Å². The molecule has 122 valence electrons.